The predicted octanol–water partition coefficient (Wildman–Crippen LogP) is 1.83. The summed E-state index contributed by atoms with van der Waals surface area (Å²) >= 11 is 7.56. The summed E-state index contributed by atoms with van der Waals surface area (Å²) in [5.74, 6) is 0.608. The summed E-state index contributed by atoms with van der Waals surface area (Å²) in [5, 5.41) is 0.681. The van der Waals surface area contributed by atoms with Crippen molar-refractivity contribution in [3.63, 3.8) is 0 Å². The molecule has 0 aliphatic rings. The number of rotatable bonds is 8. The Morgan fingerprint density at radius 2 is 2.05 bits per heavy atom. The Bertz CT molecular complexity index is 579. The van der Waals surface area contributed by atoms with E-state index in [-0.39, 0.29) is 12.5 Å². The first kappa shape index (κ1) is 18.3. The van der Waals surface area contributed by atoms with E-state index in [0.717, 1.165) is 11.2 Å². The maximum Gasteiger partial charge on any atom is 0.223 e. The van der Waals surface area contributed by atoms with Gasteiger partial charge in [-0.25, -0.2) is 13.1 Å². The lowest BCUT2D eigenvalue weighted by Gasteiger charge is -2.17. The van der Waals surface area contributed by atoms with Crippen molar-refractivity contribution in [1.29, 1.82) is 0 Å². The number of carbonyl (C=O) groups is 1. The third-order valence-corrected chi connectivity index (χ3v) is 4.89. The Morgan fingerprint density at radius 1 is 1.38 bits per heavy atom. The molecule has 0 saturated carbocycles. The lowest BCUT2D eigenvalue weighted by Crippen LogP contribution is -2.35. The maximum atomic E-state index is 11.9. The van der Waals surface area contributed by atoms with E-state index in [1.54, 1.807) is 7.05 Å². The zero-order chi connectivity index (χ0) is 15.9. The van der Waals surface area contributed by atoms with E-state index in [1.165, 1.54) is 16.7 Å². The van der Waals surface area contributed by atoms with E-state index in [1.807, 2.05) is 24.3 Å². The summed E-state index contributed by atoms with van der Waals surface area (Å²) in [5.41, 5.74) is 0. The molecule has 0 fully saturated rings. The molecule has 1 rings (SSSR count). The lowest BCUT2D eigenvalue weighted by molar-refractivity contribution is -0.129. The summed E-state index contributed by atoms with van der Waals surface area (Å²) in [4.78, 5) is 14.3. The van der Waals surface area contributed by atoms with Crippen LogP contribution in [0.25, 0.3) is 0 Å². The number of carbonyl (C=O) groups excluding carboxylic acids is 1. The third-order valence-electron chi connectivity index (χ3n) is 2.65. The number of sulfonamides is 1. The molecule has 0 atom stereocenters. The van der Waals surface area contributed by atoms with Gasteiger partial charge in [0.2, 0.25) is 15.9 Å². The highest BCUT2D eigenvalue weighted by atomic mass is 35.5. The van der Waals surface area contributed by atoms with Crippen LogP contribution in [0.4, 0.5) is 0 Å². The van der Waals surface area contributed by atoms with Crippen molar-refractivity contribution in [2.24, 2.45) is 0 Å². The molecule has 0 radical (unpaired) electrons. The Balaban J connectivity index is 2.28. The van der Waals surface area contributed by atoms with Crippen LogP contribution < -0.4 is 4.72 Å². The minimum atomic E-state index is -3.21. The van der Waals surface area contributed by atoms with Crippen molar-refractivity contribution >= 4 is 39.3 Å². The zero-order valence-corrected chi connectivity index (χ0v) is 14.4. The molecule has 0 bridgehead atoms. The van der Waals surface area contributed by atoms with E-state index < -0.39 is 10.0 Å². The fourth-order valence-corrected chi connectivity index (χ4v) is 3.16. The SMILES string of the molecule is CN(CCNS(C)(=O)=O)C(=O)CCSc1ccccc1Cl. The first-order valence-corrected chi connectivity index (χ1v) is 9.61. The first-order valence-electron chi connectivity index (χ1n) is 6.35. The molecule has 0 heterocycles. The number of likely N-dealkylation sites (N-methyl/N-ethyl adjacent to an activating group) is 1. The van der Waals surface area contributed by atoms with Crippen molar-refractivity contribution in [1.82, 2.24) is 9.62 Å². The van der Waals surface area contributed by atoms with E-state index in [2.05, 4.69) is 4.72 Å². The van der Waals surface area contributed by atoms with Gasteiger partial charge in [0.1, 0.15) is 0 Å². The minimum Gasteiger partial charge on any atom is -0.344 e. The number of nitrogens with one attached hydrogen (secondary N) is 1. The summed E-state index contributed by atoms with van der Waals surface area (Å²) in [6.45, 7) is 0.571. The second kappa shape index (κ2) is 8.63. The van der Waals surface area contributed by atoms with Crippen molar-refractivity contribution < 1.29 is 13.2 Å². The normalized spacial score (nSPS) is 11.4. The maximum absolute atomic E-state index is 11.9. The average molecular weight is 351 g/mol. The molecule has 0 aliphatic heterocycles. The molecule has 118 valence electrons. The Hall–Kier alpha value is -0.760. The summed E-state index contributed by atoms with van der Waals surface area (Å²) in [7, 11) is -1.55. The monoisotopic (exact) mass is 350 g/mol. The number of halogens is 1. The molecule has 0 aliphatic carbocycles. The lowest BCUT2D eigenvalue weighted by atomic mass is 10.4. The molecule has 1 aromatic carbocycles. The van der Waals surface area contributed by atoms with Gasteiger partial charge in [0.15, 0.2) is 0 Å². The van der Waals surface area contributed by atoms with Crippen molar-refractivity contribution in [3.8, 4) is 0 Å². The summed E-state index contributed by atoms with van der Waals surface area (Å²) in [6, 6.07) is 7.49. The van der Waals surface area contributed by atoms with Crippen LogP contribution in [-0.4, -0.2) is 51.4 Å². The number of hydrogen-bond donors (Lipinski definition) is 1. The minimum absolute atomic E-state index is 0.0233. The van der Waals surface area contributed by atoms with Gasteiger partial charge in [-0.05, 0) is 12.1 Å². The highest BCUT2D eigenvalue weighted by molar-refractivity contribution is 7.99. The second-order valence-electron chi connectivity index (χ2n) is 4.51. The van der Waals surface area contributed by atoms with Crippen molar-refractivity contribution in [3.05, 3.63) is 29.3 Å². The molecule has 8 heteroatoms. The Kier molecular flexibility index (Phi) is 7.51. The van der Waals surface area contributed by atoms with Crippen LogP contribution in [0.1, 0.15) is 6.42 Å². The standard InChI is InChI=1S/C13H19ClN2O3S2/c1-16(9-8-15-21(2,18)19)13(17)7-10-20-12-6-4-3-5-11(12)14/h3-6,15H,7-10H2,1-2H3. The van der Waals surface area contributed by atoms with E-state index in [0.29, 0.717) is 23.7 Å². The highest BCUT2D eigenvalue weighted by Crippen LogP contribution is 2.26. The van der Waals surface area contributed by atoms with Gasteiger partial charge in [0.05, 0.1) is 11.3 Å². The Labute approximate surface area is 135 Å². The molecule has 0 unspecified atom stereocenters. The quantitative estimate of drug-likeness (QED) is 0.726. The molecule has 21 heavy (non-hydrogen) atoms. The fraction of sp³-hybridized carbons (Fsp3) is 0.462. The van der Waals surface area contributed by atoms with Gasteiger partial charge in [0, 0.05) is 37.2 Å². The van der Waals surface area contributed by atoms with E-state index in [4.69, 9.17) is 11.6 Å². The smallest absolute Gasteiger partial charge is 0.223 e. The van der Waals surface area contributed by atoms with Crippen LogP contribution in [0.3, 0.4) is 0 Å². The van der Waals surface area contributed by atoms with Crippen LogP contribution in [0.2, 0.25) is 5.02 Å². The van der Waals surface area contributed by atoms with Crippen LogP contribution >= 0.6 is 23.4 Å². The molecule has 0 spiro atoms. The number of hydrogen-bond acceptors (Lipinski definition) is 4. The molecule has 0 saturated heterocycles. The van der Waals surface area contributed by atoms with E-state index in [9.17, 15) is 13.2 Å². The second-order valence-corrected chi connectivity index (χ2v) is 7.89. The van der Waals surface area contributed by atoms with Gasteiger partial charge < -0.3 is 4.90 Å². The number of benzene rings is 1. The number of amides is 1. The van der Waals surface area contributed by atoms with Gasteiger partial charge in [0.25, 0.3) is 0 Å². The van der Waals surface area contributed by atoms with Crippen LogP contribution in [0, 0.1) is 0 Å². The van der Waals surface area contributed by atoms with Crippen molar-refractivity contribution in [2.45, 2.75) is 11.3 Å². The molecular weight excluding hydrogens is 332 g/mol. The van der Waals surface area contributed by atoms with Gasteiger partial charge in [-0.1, -0.05) is 23.7 Å². The van der Waals surface area contributed by atoms with Crippen LogP contribution in [0.15, 0.2) is 29.2 Å². The molecule has 1 aromatic rings. The van der Waals surface area contributed by atoms with Gasteiger partial charge in [-0.15, -0.1) is 11.8 Å². The highest BCUT2D eigenvalue weighted by Gasteiger charge is 2.10. The Morgan fingerprint density at radius 3 is 2.67 bits per heavy atom. The first-order chi connectivity index (χ1) is 9.79. The molecule has 0 aromatic heterocycles. The van der Waals surface area contributed by atoms with Crippen molar-refractivity contribution in [2.75, 3.05) is 32.1 Å². The van der Waals surface area contributed by atoms with Gasteiger partial charge in [-0.2, -0.15) is 0 Å². The number of nitrogens with zero attached hydrogens (tertiary/aromatic N) is 1. The fourth-order valence-electron chi connectivity index (χ4n) is 1.52. The summed E-state index contributed by atoms with van der Waals surface area (Å²) < 4.78 is 24.2. The van der Waals surface area contributed by atoms with Crippen LogP contribution in [-0.2, 0) is 14.8 Å². The topological polar surface area (TPSA) is 66.5 Å². The van der Waals surface area contributed by atoms with Crippen LogP contribution in [0.5, 0.6) is 0 Å². The summed E-state index contributed by atoms with van der Waals surface area (Å²) in [6.07, 6.45) is 1.47. The molecule has 1 N–H and O–H groups in total. The molecule has 1 amide bonds. The van der Waals surface area contributed by atoms with Gasteiger partial charge >= 0.3 is 0 Å². The predicted molar refractivity (Wildman–Crippen MR) is 87.3 cm³/mol. The third kappa shape index (κ3) is 7.71. The zero-order valence-electron chi connectivity index (χ0n) is 12.0. The van der Waals surface area contributed by atoms with Gasteiger partial charge in [-0.3, -0.25) is 4.79 Å². The number of thioether (sulfide) groups is 1. The van der Waals surface area contributed by atoms with E-state index >= 15 is 0 Å². The average Bonchev–Trinajstić information content (AvgIpc) is 2.39. The molecular formula is C13H19ClN2O3S2. The largest absolute Gasteiger partial charge is 0.344 e. The molecule has 5 nitrogen and oxygen atoms in total.